The van der Waals surface area contributed by atoms with Gasteiger partial charge in [-0.3, -0.25) is 0 Å². The van der Waals surface area contributed by atoms with Crippen molar-refractivity contribution in [2.75, 3.05) is 0 Å². The largest absolute Gasteiger partial charge is 0.390 e. The van der Waals surface area contributed by atoms with E-state index in [4.69, 9.17) is 4.74 Å². The standard InChI is InChI=1S/C18H22O2/c1-15(20-14-17-10-6-3-7-11-17)18(19)13-12-16-8-4-2-5-9-16/h2-11,15,18-19H,12-14H2,1H3/t15-,18?/m0/s1. The third kappa shape index (κ3) is 4.80. The molecule has 0 aliphatic rings. The predicted molar refractivity (Wildman–Crippen MR) is 81.5 cm³/mol. The van der Waals surface area contributed by atoms with Gasteiger partial charge in [0.25, 0.3) is 0 Å². The number of hydrogen-bond donors (Lipinski definition) is 1. The number of aliphatic hydroxyl groups excluding tert-OH is 1. The van der Waals surface area contributed by atoms with E-state index in [9.17, 15) is 5.11 Å². The maximum absolute atomic E-state index is 10.1. The molecule has 0 saturated carbocycles. The van der Waals surface area contributed by atoms with Crippen LogP contribution in [0.2, 0.25) is 0 Å². The zero-order chi connectivity index (χ0) is 14.2. The summed E-state index contributed by atoms with van der Waals surface area (Å²) in [5, 5.41) is 10.1. The molecule has 2 aromatic carbocycles. The first-order valence-corrected chi connectivity index (χ1v) is 7.13. The molecule has 0 radical (unpaired) electrons. The van der Waals surface area contributed by atoms with E-state index in [2.05, 4.69) is 12.1 Å². The Bertz CT molecular complexity index is 434. The van der Waals surface area contributed by atoms with Crippen molar-refractivity contribution in [3.63, 3.8) is 0 Å². The number of rotatable bonds is 7. The van der Waals surface area contributed by atoms with Crippen molar-refractivity contribution in [3.8, 4) is 0 Å². The van der Waals surface area contributed by atoms with Crippen LogP contribution in [0, 0.1) is 0 Å². The van der Waals surface area contributed by atoms with E-state index in [1.54, 1.807) is 0 Å². The number of aryl methyl sites for hydroxylation is 1. The molecule has 0 bridgehead atoms. The maximum atomic E-state index is 10.1. The fourth-order valence-electron chi connectivity index (χ4n) is 2.11. The molecule has 20 heavy (non-hydrogen) atoms. The van der Waals surface area contributed by atoms with Crippen molar-refractivity contribution in [1.29, 1.82) is 0 Å². The molecular formula is C18H22O2. The minimum Gasteiger partial charge on any atom is -0.390 e. The van der Waals surface area contributed by atoms with Crippen molar-refractivity contribution in [2.24, 2.45) is 0 Å². The second kappa shape index (κ2) is 7.83. The molecule has 2 aromatic rings. The molecule has 0 fully saturated rings. The molecular weight excluding hydrogens is 248 g/mol. The number of hydrogen-bond acceptors (Lipinski definition) is 2. The van der Waals surface area contributed by atoms with Gasteiger partial charge in [0.05, 0.1) is 18.8 Å². The molecule has 1 unspecified atom stereocenters. The van der Waals surface area contributed by atoms with E-state index >= 15 is 0 Å². The van der Waals surface area contributed by atoms with Crippen LogP contribution in [-0.2, 0) is 17.8 Å². The van der Waals surface area contributed by atoms with E-state index in [1.807, 2.05) is 55.5 Å². The van der Waals surface area contributed by atoms with E-state index in [-0.39, 0.29) is 6.10 Å². The fourth-order valence-corrected chi connectivity index (χ4v) is 2.11. The lowest BCUT2D eigenvalue weighted by Crippen LogP contribution is -2.26. The van der Waals surface area contributed by atoms with Crippen LogP contribution in [0.3, 0.4) is 0 Å². The summed E-state index contributed by atoms with van der Waals surface area (Å²) in [7, 11) is 0. The molecule has 2 atom stereocenters. The third-order valence-electron chi connectivity index (χ3n) is 3.47. The predicted octanol–water partition coefficient (Wildman–Crippen LogP) is 3.59. The Hall–Kier alpha value is -1.64. The average Bonchev–Trinajstić information content (AvgIpc) is 2.52. The van der Waals surface area contributed by atoms with Gasteiger partial charge in [-0.2, -0.15) is 0 Å². The number of benzene rings is 2. The molecule has 0 spiro atoms. The van der Waals surface area contributed by atoms with Crippen LogP contribution in [0.5, 0.6) is 0 Å². The van der Waals surface area contributed by atoms with Gasteiger partial charge in [-0.25, -0.2) is 0 Å². The highest BCUT2D eigenvalue weighted by atomic mass is 16.5. The summed E-state index contributed by atoms with van der Waals surface area (Å²) in [5.41, 5.74) is 2.39. The van der Waals surface area contributed by atoms with Crippen LogP contribution < -0.4 is 0 Å². The van der Waals surface area contributed by atoms with Gasteiger partial charge in [0, 0.05) is 0 Å². The van der Waals surface area contributed by atoms with E-state index in [0.717, 1.165) is 18.4 Å². The van der Waals surface area contributed by atoms with Crippen molar-refractivity contribution in [1.82, 2.24) is 0 Å². The summed E-state index contributed by atoms with van der Waals surface area (Å²) in [6, 6.07) is 20.3. The second-order valence-corrected chi connectivity index (χ2v) is 5.09. The highest BCUT2D eigenvalue weighted by Crippen LogP contribution is 2.11. The lowest BCUT2D eigenvalue weighted by atomic mass is 10.0. The second-order valence-electron chi connectivity index (χ2n) is 5.09. The zero-order valence-electron chi connectivity index (χ0n) is 11.9. The number of ether oxygens (including phenoxy) is 1. The van der Waals surface area contributed by atoms with Crippen molar-refractivity contribution in [2.45, 2.75) is 38.6 Å². The molecule has 0 saturated heterocycles. The van der Waals surface area contributed by atoms with Gasteiger partial charge in [0.15, 0.2) is 0 Å². The van der Waals surface area contributed by atoms with Crippen molar-refractivity contribution >= 4 is 0 Å². The van der Waals surface area contributed by atoms with Crippen LogP contribution in [0.4, 0.5) is 0 Å². The van der Waals surface area contributed by atoms with E-state index < -0.39 is 6.10 Å². The first-order chi connectivity index (χ1) is 9.75. The molecule has 2 rings (SSSR count). The zero-order valence-corrected chi connectivity index (χ0v) is 11.9. The van der Waals surface area contributed by atoms with E-state index in [1.165, 1.54) is 5.56 Å². The van der Waals surface area contributed by atoms with Crippen LogP contribution >= 0.6 is 0 Å². The Balaban J connectivity index is 1.73. The summed E-state index contributed by atoms with van der Waals surface area (Å²) in [6.07, 6.45) is 1.01. The van der Waals surface area contributed by atoms with Crippen molar-refractivity contribution < 1.29 is 9.84 Å². The molecule has 0 aromatic heterocycles. The van der Waals surface area contributed by atoms with Crippen LogP contribution in [-0.4, -0.2) is 17.3 Å². The first kappa shape index (κ1) is 14.8. The molecule has 0 heterocycles. The van der Waals surface area contributed by atoms with Crippen LogP contribution in [0.1, 0.15) is 24.5 Å². The molecule has 1 N–H and O–H groups in total. The molecule has 0 aliphatic heterocycles. The van der Waals surface area contributed by atoms with Crippen molar-refractivity contribution in [3.05, 3.63) is 71.8 Å². The van der Waals surface area contributed by atoms with Gasteiger partial charge in [0.1, 0.15) is 0 Å². The summed E-state index contributed by atoms with van der Waals surface area (Å²) in [5.74, 6) is 0. The Morgan fingerprint density at radius 2 is 1.45 bits per heavy atom. The van der Waals surface area contributed by atoms with Crippen LogP contribution in [0.15, 0.2) is 60.7 Å². The Morgan fingerprint density at radius 1 is 0.900 bits per heavy atom. The normalized spacial score (nSPS) is 13.9. The fraction of sp³-hybridized carbons (Fsp3) is 0.333. The Morgan fingerprint density at radius 3 is 2.05 bits per heavy atom. The topological polar surface area (TPSA) is 29.5 Å². The lowest BCUT2D eigenvalue weighted by molar-refractivity contribution is -0.0377. The average molecular weight is 270 g/mol. The van der Waals surface area contributed by atoms with Gasteiger partial charge in [-0.05, 0) is 30.9 Å². The minimum absolute atomic E-state index is 0.154. The first-order valence-electron chi connectivity index (χ1n) is 7.13. The van der Waals surface area contributed by atoms with Gasteiger partial charge in [0.2, 0.25) is 0 Å². The minimum atomic E-state index is -0.432. The lowest BCUT2D eigenvalue weighted by Gasteiger charge is -2.19. The SMILES string of the molecule is C[C@H](OCc1ccccc1)C(O)CCc1ccccc1. The number of aliphatic hydroxyl groups is 1. The molecule has 2 nitrogen and oxygen atoms in total. The Kier molecular flexibility index (Phi) is 5.78. The summed E-state index contributed by atoms with van der Waals surface area (Å²) in [4.78, 5) is 0. The summed E-state index contributed by atoms with van der Waals surface area (Å²) in [6.45, 7) is 2.48. The quantitative estimate of drug-likeness (QED) is 0.833. The van der Waals surface area contributed by atoms with Gasteiger partial charge in [-0.1, -0.05) is 60.7 Å². The van der Waals surface area contributed by atoms with Gasteiger partial charge >= 0.3 is 0 Å². The van der Waals surface area contributed by atoms with E-state index in [0.29, 0.717) is 6.61 Å². The maximum Gasteiger partial charge on any atom is 0.0810 e. The van der Waals surface area contributed by atoms with Gasteiger partial charge < -0.3 is 9.84 Å². The van der Waals surface area contributed by atoms with Crippen LogP contribution in [0.25, 0.3) is 0 Å². The summed E-state index contributed by atoms with van der Waals surface area (Å²) >= 11 is 0. The third-order valence-corrected chi connectivity index (χ3v) is 3.47. The molecule has 0 aliphatic carbocycles. The monoisotopic (exact) mass is 270 g/mol. The molecule has 2 heteroatoms. The smallest absolute Gasteiger partial charge is 0.0810 e. The summed E-state index contributed by atoms with van der Waals surface area (Å²) < 4.78 is 5.73. The Labute approximate surface area is 121 Å². The highest BCUT2D eigenvalue weighted by Gasteiger charge is 2.14. The molecule has 0 amide bonds. The molecule has 106 valence electrons. The highest BCUT2D eigenvalue weighted by molar-refractivity contribution is 5.15. The van der Waals surface area contributed by atoms with Gasteiger partial charge in [-0.15, -0.1) is 0 Å².